The maximum atomic E-state index is 11.3. The van der Waals surface area contributed by atoms with Crippen LogP contribution < -0.4 is 5.32 Å². The van der Waals surface area contributed by atoms with E-state index in [9.17, 15) is 4.79 Å². The van der Waals surface area contributed by atoms with Gasteiger partial charge in [-0.3, -0.25) is 4.79 Å². The zero-order valence-corrected chi connectivity index (χ0v) is 9.57. The summed E-state index contributed by atoms with van der Waals surface area (Å²) < 4.78 is -2.04. The third-order valence-electron chi connectivity index (χ3n) is 1.55. The van der Waals surface area contributed by atoms with Crippen molar-refractivity contribution >= 4 is 46.4 Å². The Morgan fingerprint density at radius 3 is 2.47 bits per heavy atom. The number of halogens is 3. The second-order valence-electron chi connectivity index (χ2n) is 2.61. The Morgan fingerprint density at radius 2 is 1.93 bits per heavy atom. The van der Waals surface area contributed by atoms with Crippen molar-refractivity contribution in [3.05, 3.63) is 29.8 Å². The average molecular weight is 264 g/mol. The Hall–Kier alpha value is -0.950. The lowest BCUT2D eigenvalue weighted by Crippen LogP contribution is -2.27. The number of alkyl halides is 3. The maximum absolute atomic E-state index is 11.3. The van der Waals surface area contributed by atoms with Gasteiger partial charge in [0.2, 0.25) is 0 Å². The highest BCUT2D eigenvalue weighted by atomic mass is 35.6. The largest absolute Gasteiger partial charge is 0.321 e. The van der Waals surface area contributed by atoms with E-state index in [4.69, 9.17) is 40.1 Å². The van der Waals surface area contributed by atoms with Crippen molar-refractivity contribution in [1.82, 2.24) is 0 Å². The van der Waals surface area contributed by atoms with E-state index >= 15 is 0 Å². The van der Waals surface area contributed by atoms with Crippen molar-refractivity contribution in [2.45, 2.75) is 3.79 Å². The van der Waals surface area contributed by atoms with Gasteiger partial charge in [-0.1, -0.05) is 46.9 Å². The Morgan fingerprint density at radius 1 is 1.33 bits per heavy atom. The molecule has 0 fully saturated rings. The molecule has 15 heavy (non-hydrogen) atoms. The van der Waals surface area contributed by atoms with Crippen LogP contribution in [-0.4, -0.2) is 9.70 Å². The number of carbonyl (C=O) groups is 1. The molecule has 0 atom stereocenters. The van der Waals surface area contributed by atoms with Crippen LogP contribution in [0, 0.1) is 11.3 Å². The molecular formula is C9H5Cl3N2O. The molecule has 1 aromatic rings. The Bertz CT molecular complexity index is 420. The smallest absolute Gasteiger partial charge is 0.276 e. The summed E-state index contributed by atoms with van der Waals surface area (Å²) >= 11 is 16.1. The fourth-order valence-electron chi connectivity index (χ4n) is 0.883. The lowest BCUT2D eigenvalue weighted by atomic mass is 10.2. The van der Waals surface area contributed by atoms with Crippen LogP contribution in [0.4, 0.5) is 5.69 Å². The van der Waals surface area contributed by atoms with Crippen LogP contribution in [0.5, 0.6) is 0 Å². The van der Waals surface area contributed by atoms with Crippen LogP contribution in [0.2, 0.25) is 0 Å². The molecule has 0 spiro atoms. The molecule has 3 nitrogen and oxygen atoms in total. The van der Waals surface area contributed by atoms with E-state index in [1.165, 1.54) is 0 Å². The molecule has 0 saturated heterocycles. The highest BCUT2D eigenvalue weighted by Gasteiger charge is 2.30. The minimum Gasteiger partial charge on any atom is -0.321 e. The Labute approximate surface area is 102 Å². The van der Waals surface area contributed by atoms with Crippen LogP contribution >= 0.6 is 34.8 Å². The van der Waals surface area contributed by atoms with Gasteiger partial charge in [0.25, 0.3) is 9.70 Å². The first-order valence-electron chi connectivity index (χ1n) is 3.82. The number of nitrogens with zero attached hydrogens (tertiary/aromatic N) is 1. The fourth-order valence-corrected chi connectivity index (χ4v) is 1.02. The third-order valence-corrected chi connectivity index (χ3v) is 2.07. The first-order chi connectivity index (χ1) is 6.95. The molecule has 0 unspecified atom stereocenters. The van der Waals surface area contributed by atoms with E-state index in [-0.39, 0.29) is 0 Å². The van der Waals surface area contributed by atoms with Crippen molar-refractivity contribution in [1.29, 1.82) is 5.26 Å². The topological polar surface area (TPSA) is 52.9 Å². The summed E-state index contributed by atoms with van der Waals surface area (Å²) in [6.45, 7) is 0. The van der Waals surface area contributed by atoms with Gasteiger partial charge in [-0.05, 0) is 12.1 Å². The number of rotatable bonds is 1. The molecule has 0 aromatic heterocycles. The van der Waals surface area contributed by atoms with Crippen LogP contribution in [-0.2, 0) is 4.79 Å². The van der Waals surface area contributed by atoms with Gasteiger partial charge >= 0.3 is 0 Å². The van der Waals surface area contributed by atoms with Crippen LogP contribution in [0.15, 0.2) is 24.3 Å². The molecule has 0 radical (unpaired) electrons. The number of carbonyl (C=O) groups excluding carboxylic acids is 1. The van der Waals surface area contributed by atoms with Crippen molar-refractivity contribution < 1.29 is 4.79 Å². The Kier molecular flexibility index (Phi) is 3.81. The van der Waals surface area contributed by atoms with E-state index in [1.54, 1.807) is 24.3 Å². The summed E-state index contributed by atoms with van der Waals surface area (Å²) in [5.74, 6) is -0.796. The second kappa shape index (κ2) is 4.71. The normalized spacial score (nSPS) is 10.5. The molecule has 78 valence electrons. The van der Waals surface area contributed by atoms with Gasteiger partial charge in [-0.2, -0.15) is 5.26 Å². The van der Waals surface area contributed by atoms with Crippen molar-refractivity contribution in [2.75, 3.05) is 5.32 Å². The average Bonchev–Trinajstić information content (AvgIpc) is 2.17. The van der Waals surface area contributed by atoms with Gasteiger partial charge in [-0.25, -0.2) is 0 Å². The van der Waals surface area contributed by atoms with Gasteiger partial charge in [-0.15, -0.1) is 0 Å². The lowest BCUT2D eigenvalue weighted by molar-refractivity contribution is -0.115. The van der Waals surface area contributed by atoms with Gasteiger partial charge in [0.05, 0.1) is 11.3 Å². The minimum atomic E-state index is -2.04. The van der Waals surface area contributed by atoms with E-state index in [2.05, 4.69) is 5.32 Å². The van der Waals surface area contributed by atoms with Crippen molar-refractivity contribution in [2.24, 2.45) is 0 Å². The number of nitrogens with one attached hydrogen (secondary N) is 1. The molecule has 6 heteroatoms. The third kappa shape index (κ3) is 3.28. The van der Waals surface area contributed by atoms with E-state index in [0.29, 0.717) is 11.3 Å². The van der Waals surface area contributed by atoms with Crippen LogP contribution in [0.3, 0.4) is 0 Å². The molecular weight excluding hydrogens is 258 g/mol. The predicted octanol–water partition coefficient (Wildman–Crippen LogP) is 2.87. The quantitative estimate of drug-likeness (QED) is 0.792. The molecule has 0 aliphatic carbocycles. The lowest BCUT2D eigenvalue weighted by Gasteiger charge is -2.11. The Balaban J connectivity index is 2.92. The molecule has 0 bridgehead atoms. The molecule has 1 aromatic carbocycles. The molecule has 0 aliphatic rings. The predicted molar refractivity (Wildman–Crippen MR) is 60.1 cm³/mol. The highest BCUT2D eigenvalue weighted by molar-refractivity contribution is 6.76. The summed E-state index contributed by atoms with van der Waals surface area (Å²) in [6, 6.07) is 8.34. The summed E-state index contributed by atoms with van der Waals surface area (Å²) in [4.78, 5) is 11.3. The molecule has 1 rings (SSSR count). The SMILES string of the molecule is N#Cc1ccccc1NC(=O)C(Cl)(Cl)Cl. The van der Waals surface area contributed by atoms with Crippen LogP contribution in [0.25, 0.3) is 0 Å². The summed E-state index contributed by atoms with van der Waals surface area (Å²) in [6.07, 6.45) is 0. The van der Waals surface area contributed by atoms with Gasteiger partial charge in [0.1, 0.15) is 6.07 Å². The number of anilines is 1. The molecule has 0 heterocycles. The first kappa shape index (κ1) is 12.1. The number of hydrogen-bond acceptors (Lipinski definition) is 2. The van der Waals surface area contributed by atoms with Crippen molar-refractivity contribution in [3.8, 4) is 6.07 Å². The minimum absolute atomic E-state index is 0.306. The number of hydrogen-bond donors (Lipinski definition) is 1. The summed E-state index contributed by atoms with van der Waals surface area (Å²) in [5.41, 5.74) is 0.622. The van der Waals surface area contributed by atoms with Crippen LogP contribution in [0.1, 0.15) is 5.56 Å². The second-order valence-corrected chi connectivity index (χ2v) is 4.89. The molecule has 1 amide bonds. The highest BCUT2D eigenvalue weighted by Crippen LogP contribution is 2.28. The number of benzene rings is 1. The van der Waals surface area contributed by atoms with Gasteiger partial charge in [0, 0.05) is 0 Å². The number of para-hydroxylation sites is 1. The zero-order valence-electron chi connectivity index (χ0n) is 7.30. The van der Waals surface area contributed by atoms with E-state index in [0.717, 1.165) is 0 Å². The number of nitriles is 1. The summed E-state index contributed by atoms with van der Waals surface area (Å²) in [5, 5.41) is 11.1. The summed E-state index contributed by atoms with van der Waals surface area (Å²) in [7, 11) is 0. The monoisotopic (exact) mass is 262 g/mol. The first-order valence-corrected chi connectivity index (χ1v) is 4.96. The molecule has 0 aliphatic heterocycles. The van der Waals surface area contributed by atoms with Crippen molar-refractivity contribution in [3.63, 3.8) is 0 Å². The maximum Gasteiger partial charge on any atom is 0.276 e. The van der Waals surface area contributed by atoms with Gasteiger partial charge < -0.3 is 5.32 Å². The van der Waals surface area contributed by atoms with Gasteiger partial charge in [0.15, 0.2) is 0 Å². The standard InChI is InChI=1S/C9H5Cl3N2O/c10-9(11,12)8(15)14-7-4-2-1-3-6(7)5-13/h1-4H,(H,14,15). The van der Waals surface area contributed by atoms with E-state index in [1.807, 2.05) is 6.07 Å². The number of amides is 1. The van der Waals surface area contributed by atoms with E-state index < -0.39 is 9.70 Å². The fraction of sp³-hybridized carbons (Fsp3) is 0.111. The molecule has 1 N–H and O–H groups in total. The molecule has 0 saturated carbocycles. The zero-order chi connectivity index (χ0) is 11.5.